The first-order valence-electron chi connectivity index (χ1n) is 7.12. The monoisotopic (exact) mass is 348 g/mol. The summed E-state index contributed by atoms with van der Waals surface area (Å²) in [6, 6.07) is 5.00. The Hall–Kier alpha value is -1.74. The molecule has 1 fully saturated rings. The van der Waals surface area contributed by atoms with E-state index in [1.165, 1.54) is 35.5 Å². The highest BCUT2D eigenvalue weighted by atomic mass is 32.2. The number of hydrogen-bond acceptors (Lipinski definition) is 4. The summed E-state index contributed by atoms with van der Waals surface area (Å²) in [7, 11) is -3.98. The number of rotatable bonds is 5. The van der Waals surface area contributed by atoms with Gasteiger partial charge in [-0.3, -0.25) is 4.79 Å². The molecule has 1 atom stereocenters. The summed E-state index contributed by atoms with van der Waals surface area (Å²) in [5.41, 5.74) is 0. The number of alkyl halides is 2. The standard InChI is InChI=1S/C14H18F2N2O4S/c1-10(19)17-11-5-4-8-18(9-11)23(20,21)13-7-3-2-6-12(13)22-14(15)16/h2-3,6-7,11,14H,4-5,8-9H2,1H3,(H,17,19)/t11-/m1/s1. The summed E-state index contributed by atoms with van der Waals surface area (Å²) < 4.78 is 55.8. The Morgan fingerprint density at radius 3 is 2.74 bits per heavy atom. The average Bonchev–Trinajstić information content (AvgIpc) is 2.46. The SMILES string of the molecule is CC(=O)N[C@@H]1CCCN(S(=O)(=O)c2ccccc2OC(F)F)C1. The Balaban J connectivity index is 2.26. The number of benzene rings is 1. The van der Waals surface area contributed by atoms with Crippen molar-refractivity contribution in [2.75, 3.05) is 13.1 Å². The van der Waals surface area contributed by atoms with Crippen LogP contribution in [0.3, 0.4) is 0 Å². The van der Waals surface area contributed by atoms with Gasteiger partial charge in [0.05, 0.1) is 0 Å². The zero-order valence-electron chi connectivity index (χ0n) is 12.5. The molecule has 128 valence electrons. The van der Waals surface area contributed by atoms with E-state index in [9.17, 15) is 22.0 Å². The van der Waals surface area contributed by atoms with Gasteiger partial charge in [-0.05, 0) is 25.0 Å². The van der Waals surface area contributed by atoms with Crippen LogP contribution in [0.1, 0.15) is 19.8 Å². The molecule has 9 heteroatoms. The van der Waals surface area contributed by atoms with E-state index in [4.69, 9.17) is 0 Å². The largest absolute Gasteiger partial charge is 0.433 e. The number of carbonyl (C=O) groups excluding carboxylic acids is 1. The van der Waals surface area contributed by atoms with Crippen LogP contribution in [0.5, 0.6) is 5.75 Å². The van der Waals surface area contributed by atoms with Crippen molar-refractivity contribution in [1.82, 2.24) is 9.62 Å². The van der Waals surface area contributed by atoms with E-state index in [0.717, 1.165) is 0 Å². The molecule has 0 saturated carbocycles. The second-order valence-corrected chi connectivity index (χ2v) is 7.13. The number of amides is 1. The summed E-state index contributed by atoms with van der Waals surface area (Å²) in [4.78, 5) is 10.8. The van der Waals surface area contributed by atoms with Crippen molar-refractivity contribution in [3.63, 3.8) is 0 Å². The van der Waals surface area contributed by atoms with Gasteiger partial charge in [0, 0.05) is 26.1 Å². The van der Waals surface area contributed by atoms with Crippen molar-refractivity contribution in [3.05, 3.63) is 24.3 Å². The molecule has 1 aliphatic heterocycles. The molecule has 2 rings (SSSR count). The van der Waals surface area contributed by atoms with E-state index in [-0.39, 0.29) is 35.7 Å². The second kappa shape index (κ2) is 7.22. The molecule has 0 aliphatic carbocycles. The fourth-order valence-electron chi connectivity index (χ4n) is 2.56. The van der Waals surface area contributed by atoms with Gasteiger partial charge >= 0.3 is 6.61 Å². The van der Waals surface area contributed by atoms with E-state index in [1.807, 2.05) is 0 Å². The lowest BCUT2D eigenvalue weighted by Crippen LogP contribution is -2.49. The molecule has 1 aromatic carbocycles. The van der Waals surface area contributed by atoms with Gasteiger partial charge in [0.1, 0.15) is 10.6 Å². The van der Waals surface area contributed by atoms with Gasteiger partial charge in [0.2, 0.25) is 15.9 Å². The highest BCUT2D eigenvalue weighted by molar-refractivity contribution is 7.89. The van der Waals surface area contributed by atoms with E-state index in [1.54, 1.807) is 0 Å². The van der Waals surface area contributed by atoms with Crippen LogP contribution in [0.2, 0.25) is 0 Å². The van der Waals surface area contributed by atoms with Crippen LogP contribution >= 0.6 is 0 Å². The number of sulfonamides is 1. The Bertz CT molecular complexity index is 666. The van der Waals surface area contributed by atoms with Gasteiger partial charge in [0.15, 0.2) is 0 Å². The number of ether oxygens (including phenoxy) is 1. The molecular weight excluding hydrogens is 330 g/mol. The van der Waals surface area contributed by atoms with Crippen LogP contribution in [0.25, 0.3) is 0 Å². The summed E-state index contributed by atoms with van der Waals surface area (Å²) in [6.45, 7) is -1.38. The van der Waals surface area contributed by atoms with E-state index in [2.05, 4.69) is 10.1 Å². The maximum Gasteiger partial charge on any atom is 0.387 e. The molecule has 0 radical (unpaired) electrons. The van der Waals surface area contributed by atoms with Crippen LogP contribution in [0.15, 0.2) is 29.2 Å². The maximum absolute atomic E-state index is 12.7. The molecule has 1 heterocycles. The first-order chi connectivity index (χ1) is 10.8. The molecule has 23 heavy (non-hydrogen) atoms. The number of halogens is 2. The van der Waals surface area contributed by atoms with Crippen molar-refractivity contribution in [2.24, 2.45) is 0 Å². The average molecular weight is 348 g/mol. The van der Waals surface area contributed by atoms with Crippen molar-refractivity contribution >= 4 is 15.9 Å². The van der Waals surface area contributed by atoms with Crippen LogP contribution in [-0.2, 0) is 14.8 Å². The van der Waals surface area contributed by atoms with Crippen molar-refractivity contribution in [2.45, 2.75) is 37.3 Å². The quantitative estimate of drug-likeness (QED) is 0.877. The molecule has 1 aromatic rings. The van der Waals surface area contributed by atoms with Crippen molar-refractivity contribution < 1.29 is 26.7 Å². The van der Waals surface area contributed by atoms with E-state index >= 15 is 0 Å². The number of para-hydroxylation sites is 1. The Morgan fingerprint density at radius 2 is 2.09 bits per heavy atom. The number of nitrogens with zero attached hydrogens (tertiary/aromatic N) is 1. The third kappa shape index (κ3) is 4.38. The first-order valence-corrected chi connectivity index (χ1v) is 8.56. The molecule has 1 amide bonds. The fraction of sp³-hybridized carbons (Fsp3) is 0.500. The third-order valence-corrected chi connectivity index (χ3v) is 5.38. The lowest BCUT2D eigenvalue weighted by Gasteiger charge is -2.32. The van der Waals surface area contributed by atoms with Crippen molar-refractivity contribution in [3.8, 4) is 5.75 Å². The minimum atomic E-state index is -3.98. The first kappa shape index (κ1) is 17.6. The van der Waals surface area contributed by atoms with Gasteiger partial charge in [-0.1, -0.05) is 12.1 Å². The predicted octanol–water partition coefficient (Wildman–Crippen LogP) is 1.58. The maximum atomic E-state index is 12.7. The van der Waals surface area contributed by atoms with Crippen LogP contribution in [0, 0.1) is 0 Å². The number of piperidine rings is 1. The molecule has 1 N–H and O–H groups in total. The van der Waals surface area contributed by atoms with Gasteiger partial charge in [0.25, 0.3) is 0 Å². The zero-order valence-corrected chi connectivity index (χ0v) is 13.4. The third-order valence-electron chi connectivity index (χ3n) is 3.47. The molecule has 0 bridgehead atoms. The molecule has 0 unspecified atom stereocenters. The Labute approximate surface area is 133 Å². The van der Waals surface area contributed by atoms with Gasteiger partial charge in [-0.25, -0.2) is 8.42 Å². The molecule has 0 spiro atoms. The normalized spacial score (nSPS) is 19.6. The molecule has 1 saturated heterocycles. The summed E-state index contributed by atoms with van der Waals surface area (Å²) in [6.07, 6.45) is 1.24. The smallest absolute Gasteiger partial charge is 0.387 e. The highest BCUT2D eigenvalue weighted by Gasteiger charge is 2.32. The Morgan fingerprint density at radius 1 is 1.39 bits per heavy atom. The van der Waals surface area contributed by atoms with Gasteiger partial charge in [-0.2, -0.15) is 13.1 Å². The lowest BCUT2D eigenvalue weighted by molar-refractivity contribution is -0.119. The highest BCUT2D eigenvalue weighted by Crippen LogP contribution is 2.29. The number of nitrogens with one attached hydrogen (secondary N) is 1. The van der Waals surface area contributed by atoms with Crippen LogP contribution < -0.4 is 10.1 Å². The molecule has 0 aromatic heterocycles. The summed E-state index contributed by atoms with van der Waals surface area (Å²) >= 11 is 0. The topological polar surface area (TPSA) is 75.7 Å². The van der Waals surface area contributed by atoms with Gasteiger partial charge < -0.3 is 10.1 Å². The van der Waals surface area contributed by atoms with Gasteiger partial charge in [-0.15, -0.1) is 0 Å². The summed E-state index contributed by atoms with van der Waals surface area (Å²) in [5, 5.41) is 2.69. The minimum Gasteiger partial charge on any atom is -0.433 e. The fourth-order valence-corrected chi connectivity index (χ4v) is 4.21. The van der Waals surface area contributed by atoms with E-state index in [0.29, 0.717) is 12.8 Å². The summed E-state index contributed by atoms with van der Waals surface area (Å²) in [5.74, 6) is -0.625. The van der Waals surface area contributed by atoms with Crippen molar-refractivity contribution in [1.29, 1.82) is 0 Å². The number of hydrogen-bond donors (Lipinski definition) is 1. The molecule has 1 aliphatic rings. The number of carbonyl (C=O) groups is 1. The second-order valence-electron chi connectivity index (χ2n) is 5.23. The molecule has 6 nitrogen and oxygen atoms in total. The van der Waals surface area contributed by atoms with Crippen LogP contribution in [-0.4, -0.2) is 44.4 Å². The van der Waals surface area contributed by atoms with Crippen LogP contribution in [0.4, 0.5) is 8.78 Å². The molecular formula is C14H18F2N2O4S. The zero-order chi connectivity index (χ0) is 17.0. The minimum absolute atomic E-state index is 0.102. The lowest BCUT2D eigenvalue weighted by atomic mass is 10.1. The van der Waals surface area contributed by atoms with E-state index < -0.39 is 16.6 Å². The Kier molecular flexibility index (Phi) is 5.53. The predicted molar refractivity (Wildman–Crippen MR) is 78.7 cm³/mol.